The minimum atomic E-state index is -0.330. The second kappa shape index (κ2) is 7.85. The Morgan fingerprint density at radius 1 is 1.06 bits per heavy atom. The SMILES string of the molecule is Cc1ccc(N2C(=O)C(=Cc3ccc4[nH]cnc4c3)SC2=Nc2ccc(F)cc2)cc1. The number of amidine groups is 1. The Hall–Kier alpha value is -3.71. The van der Waals surface area contributed by atoms with Crippen LogP contribution < -0.4 is 4.90 Å². The Labute approximate surface area is 182 Å². The number of fused-ring (bicyclic) bond motifs is 1. The molecule has 1 amide bonds. The standard InChI is InChI=1S/C24H17FN4OS/c1-15-2-9-19(10-3-15)29-23(30)22(13-16-4-11-20-21(12-16)27-14-26-20)31-24(29)28-18-7-5-17(25)6-8-18/h2-14H,1H3,(H,26,27). The number of halogens is 1. The minimum absolute atomic E-state index is 0.156. The zero-order valence-electron chi connectivity index (χ0n) is 16.5. The van der Waals surface area contributed by atoms with Crippen molar-refractivity contribution in [1.29, 1.82) is 0 Å². The number of hydrogen-bond acceptors (Lipinski definition) is 4. The number of carbonyl (C=O) groups excluding carboxylic acids is 1. The van der Waals surface area contributed by atoms with Gasteiger partial charge in [-0.1, -0.05) is 23.8 Å². The summed E-state index contributed by atoms with van der Waals surface area (Å²) < 4.78 is 13.3. The van der Waals surface area contributed by atoms with Gasteiger partial charge in [0.1, 0.15) is 5.82 Å². The third kappa shape index (κ3) is 3.87. The van der Waals surface area contributed by atoms with Crippen LogP contribution in [0.5, 0.6) is 0 Å². The molecule has 1 aromatic heterocycles. The van der Waals surface area contributed by atoms with Gasteiger partial charge in [-0.2, -0.15) is 0 Å². The Morgan fingerprint density at radius 3 is 2.61 bits per heavy atom. The maximum atomic E-state index is 13.3. The molecule has 0 atom stereocenters. The second-order valence-corrected chi connectivity index (χ2v) is 8.15. The number of rotatable bonds is 3. The number of nitrogens with one attached hydrogen (secondary N) is 1. The van der Waals surface area contributed by atoms with Crippen LogP contribution in [0.4, 0.5) is 15.8 Å². The summed E-state index contributed by atoms with van der Waals surface area (Å²) in [5, 5.41) is 0.521. The second-order valence-electron chi connectivity index (χ2n) is 7.14. The smallest absolute Gasteiger partial charge is 0.271 e. The molecular weight excluding hydrogens is 411 g/mol. The molecule has 1 fully saturated rings. The lowest BCUT2D eigenvalue weighted by Gasteiger charge is -2.16. The summed E-state index contributed by atoms with van der Waals surface area (Å²) >= 11 is 1.29. The van der Waals surface area contributed by atoms with Crippen molar-refractivity contribution >= 4 is 51.3 Å². The summed E-state index contributed by atoms with van der Waals surface area (Å²) in [6.45, 7) is 1.99. The van der Waals surface area contributed by atoms with E-state index in [4.69, 9.17) is 0 Å². The summed E-state index contributed by atoms with van der Waals surface area (Å²) in [5.41, 5.74) is 5.06. The number of aryl methyl sites for hydroxylation is 1. The summed E-state index contributed by atoms with van der Waals surface area (Å²) in [4.78, 5) is 27.4. The normalized spacial score (nSPS) is 16.7. The van der Waals surface area contributed by atoms with Crippen molar-refractivity contribution in [1.82, 2.24) is 9.97 Å². The van der Waals surface area contributed by atoms with Crippen molar-refractivity contribution in [2.75, 3.05) is 4.90 Å². The first kappa shape index (κ1) is 19.3. The Bertz CT molecular complexity index is 1340. The highest BCUT2D eigenvalue weighted by Crippen LogP contribution is 2.37. The lowest BCUT2D eigenvalue weighted by Crippen LogP contribution is -2.28. The van der Waals surface area contributed by atoms with Crippen molar-refractivity contribution in [3.05, 3.63) is 94.9 Å². The number of anilines is 1. The molecular formula is C24H17FN4OS. The monoisotopic (exact) mass is 428 g/mol. The van der Waals surface area contributed by atoms with Gasteiger partial charge in [0.25, 0.3) is 5.91 Å². The van der Waals surface area contributed by atoms with E-state index in [0.29, 0.717) is 15.8 Å². The van der Waals surface area contributed by atoms with Gasteiger partial charge >= 0.3 is 0 Å². The fraction of sp³-hybridized carbons (Fsp3) is 0.0417. The highest BCUT2D eigenvalue weighted by Gasteiger charge is 2.34. The van der Waals surface area contributed by atoms with E-state index in [1.54, 1.807) is 23.4 Å². The molecule has 5 rings (SSSR count). The molecule has 1 aliphatic rings. The Balaban J connectivity index is 1.57. The van der Waals surface area contributed by atoms with Gasteiger partial charge in [-0.3, -0.25) is 9.69 Å². The number of aliphatic imine (C=N–C) groups is 1. The maximum absolute atomic E-state index is 13.3. The zero-order valence-corrected chi connectivity index (χ0v) is 17.4. The van der Waals surface area contributed by atoms with Crippen molar-refractivity contribution < 1.29 is 9.18 Å². The molecule has 152 valence electrons. The molecule has 31 heavy (non-hydrogen) atoms. The van der Waals surface area contributed by atoms with E-state index in [0.717, 1.165) is 27.8 Å². The van der Waals surface area contributed by atoms with Gasteiger partial charge in [0.05, 0.1) is 33.6 Å². The summed E-state index contributed by atoms with van der Waals surface area (Å²) in [6, 6.07) is 19.4. The summed E-state index contributed by atoms with van der Waals surface area (Å²) in [7, 11) is 0. The van der Waals surface area contributed by atoms with Crippen LogP contribution in [0.2, 0.25) is 0 Å². The van der Waals surface area contributed by atoms with Crippen LogP contribution in [-0.2, 0) is 4.79 Å². The van der Waals surface area contributed by atoms with Crippen LogP contribution in [0.15, 0.2) is 83.0 Å². The Morgan fingerprint density at radius 2 is 1.84 bits per heavy atom. The topological polar surface area (TPSA) is 61.4 Å². The fourth-order valence-electron chi connectivity index (χ4n) is 3.29. The molecule has 0 unspecified atom stereocenters. The van der Waals surface area contributed by atoms with Gasteiger partial charge in [-0.25, -0.2) is 14.4 Å². The molecule has 1 saturated heterocycles. The van der Waals surface area contributed by atoms with Gasteiger partial charge in [0.15, 0.2) is 5.17 Å². The molecule has 1 N–H and O–H groups in total. The van der Waals surface area contributed by atoms with E-state index in [2.05, 4.69) is 15.0 Å². The number of nitrogens with zero attached hydrogens (tertiary/aromatic N) is 3. The molecule has 2 heterocycles. The van der Waals surface area contributed by atoms with E-state index < -0.39 is 0 Å². The first-order valence-corrected chi connectivity index (χ1v) is 10.5. The van der Waals surface area contributed by atoms with Gasteiger partial charge < -0.3 is 4.98 Å². The predicted octanol–water partition coefficient (Wildman–Crippen LogP) is 5.82. The summed E-state index contributed by atoms with van der Waals surface area (Å²) in [5.74, 6) is -0.485. The highest BCUT2D eigenvalue weighted by atomic mass is 32.2. The molecule has 3 aromatic carbocycles. The maximum Gasteiger partial charge on any atom is 0.271 e. The van der Waals surface area contributed by atoms with E-state index in [1.807, 2.05) is 55.5 Å². The number of carbonyl (C=O) groups is 1. The Kier molecular flexibility index (Phi) is 4.88. The number of benzene rings is 3. The van der Waals surface area contributed by atoms with Crippen molar-refractivity contribution in [3.63, 3.8) is 0 Å². The molecule has 0 saturated carbocycles. The number of imidazole rings is 1. The lowest BCUT2D eigenvalue weighted by molar-refractivity contribution is -0.113. The molecule has 0 radical (unpaired) electrons. The van der Waals surface area contributed by atoms with Crippen LogP contribution >= 0.6 is 11.8 Å². The van der Waals surface area contributed by atoms with Crippen molar-refractivity contribution in [2.45, 2.75) is 6.92 Å². The number of thioether (sulfide) groups is 1. The summed E-state index contributed by atoms with van der Waals surface area (Å²) in [6.07, 6.45) is 3.49. The highest BCUT2D eigenvalue weighted by molar-refractivity contribution is 8.19. The molecule has 4 aromatic rings. The third-order valence-electron chi connectivity index (χ3n) is 4.89. The van der Waals surface area contributed by atoms with Crippen LogP contribution in [-0.4, -0.2) is 21.0 Å². The number of amides is 1. The van der Waals surface area contributed by atoms with Gasteiger partial charge in [0.2, 0.25) is 0 Å². The zero-order chi connectivity index (χ0) is 21.4. The van der Waals surface area contributed by atoms with E-state index in [9.17, 15) is 9.18 Å². The molecule has 0 spiro atoms. The number of H-pyrrole nitrogens is 1. The first-order valence-electron chi connectivity index (χ1n) is 9.65. The van der Waals surface area contributed by atoms with E-state index in [-0.39, 0.29) is 11.7 Å². The number of aromatic amines is 1. The molecule has 0 bridgehead atoms. The van der Waals surface area contributed by atoms with Crippen LogP contribution in [0.1, 0.15) is 11.1 Å². The lowest BCUT2D eigenvalue weighted by atomic mass is 10.1. The third-order valence-corrected chi connectivity index (χ3v) is 5.86. The van der Waals surface area contributed by atoms with Crippen molar-refractivity contribution in [2.24, 2.45) is 4.99 Å². The minimum Gasteiger partial charge on any atom is -0.345 e. The largest absolute Gasteiger partial charge is 0.345 e. The van der Waals surface area contributed by atoms with Gasteiger partial charge in [-0.15, -0.1) is 0 Å². The van der Waals surface area contributed by atoms with Crippen LogP contribution in [0, 0.1) is 12.7 Å². The quantitative estimate of drug-likeness (QED) is 0.418. The number of aromatic nitrogens is 2. The van der Waals surface area contributed by atoms with Gasteiger partial charge in [-0.05, 0) is 78.9 Å². The molecule has 7 heteroatoms. The van der Waals surface area contributed by atoms with Crippen LogP contribution in [0.3, 0.4) is 0 Å². The van der Waals surface area contributed by atoms with E-state index >= 15 is 0 Å². The fourth-order valence-corrected chi connectivity index (χ4v) is 4.29. The molecule has 5 nitrogen and oxygen atoms in total. The first-order chi connectivity index (χ1) is 15.1. The van der Waals surface area contributed by atoms with Gasteiger partial charge in [0, 0.05) is 0 Å². The van der Waals surface area contributed by atoms with Crippen molar-refractivity contribution in [3.8, 4) is 0 Å². The molecule has 0 aliphatic carbocycles. The van der Waals surface area contributed by atoms with Crippen LogP contribution in [0.25, 0.3) is 17.1 Å². The average Bonchev–Trinajstić information content (AvgIpc) is 3.35. The predicted molar refractivity (Wildman–Crippen MR) is 124 cm³/mol. The average molecular weight is 428 g/mol. The molecule has 1 aliphatic heterocycles. The number of hydrogen-bond donors (Lipinski definition) is 1. The van der Waals surface area contributed by atoms with E-state index in [1.165, 1.54) is 23.9 Å².